The summed E-state index contributed by atoms with van der Waals surface area (Å²) in [6.07, 6.45) is -52.9. The number of para-hydroxylation sites is 1. The van der Waals surface area contributed by atoms with Gasteiger partial charge in [0.15, 0.2) is 12.7 Å². The molecule has 0 N–H and O–H groups in total. The average Bonchev–Trinajstić information content (AvgIpc) is 3.82. The molecule has 7 aromatic rings. The van der Waals surface area contributed by atoms with E-state index in [1.165, 1.54) is 11.3 Å². The van der Waals surface area contributed by atoms with Crippen LogP contribution in [-0.2, 0) is 56.0 Å². The van der Waals surface area contributed by atoms with Gasteiger partial charge in [0.1, 0.15) is 11.9 Å². The lowest BCUT2D eigenvalue weighted by Crippen LogP contribution is -2.75. The summed E-state index contributed by atoms with van der Waals surface area (Å²) in [5.41, 5.74) is -29.1. The molecule has 0 aliphatic heterocycles. The van der Waals surface area contributed by atoms with Crippen LogP contribution < -0.4 is 31.2 Å². The summed E-state index contributed by atoms with van der Waals surface area (Å²) in [5.74, 6) is 0.231. The van der Waals surface area contributed by atoms with E-state index in [2.05, 4.69) is 0 Å². The van der Waals surface area contributed by atoms with Gasteiger partial charge in [-0.1, -0.05) is 108 Å². The smallest absolute Gasteiger partial charge is 0.418 e. The second kappa shape index (κ2) is 21.2. The Balaban J connectivity index is 0.000000387. The van der Waals surface area contributed by atoms with Gasteiger partial charge in [-0.15, -0.1) is 0 Å². The molecule has 416 valence electrons. The zero-order valence-corrected chi connectivity index (χ0v) is 38.7. The fourth-order valence-corrected chi connectivity index (χ4v) is 8.82. The van der Waals surface area contributed by atoms with Gasteiger partial charge < -0.3 is 4.74 Å². The molecule has 0 amide bonds. The number of nitrogens with zero attached hydrogens (tertiary/aromatic N) is 1. The Morgan fingerprint density at radius 1 is 0.385 bits per heavy atom. The number of benzene rings is 6. The Hall–Kier alpha value is -7.20. The Kier molecular flexibility index (Phi) is 16.3. The van der Waals surface area contributed by atoms with E-state index in [4.69, 9.17) is 4.74 Å². The predicted octanol–water partition coefficient (Wildman–Crippen LogP) is 14.5. The van der Waals surface area contributed by atoms with Gasteiger partial charge in [0, 0.05) is 5.56 Å². The van der Waals surface area contributed by atoms with Crippen LogP contribution in [0.2, 0.25) is 0 Å². The molecule has 0 unspecified atom stereocenters. The zero-order chi connectivity index (χ0) is 58.4. The highest BCUT2D eigenvalue weighted by molar-refractivity contribution is 7.20. The normalized spacial score (nSPS) is 13.2. The lowest BCUT2D eigenvalue weighted by Gasteiger charge is -2.46. The highest BCUT2D eigenvalue weighted by atomic mass is 32.1. The molecule has 78 heavy (non-hydrogen) atoms. The summed E-state index contributed by atoms with van der Waals surface area (Å²) in [6.45, 7) is 0.656. The van der Waals surface area contributed by atoms with Crippen molar-refractivity contribution < 1.29 is 119 Å². The number of ether oxygens (including phenoxy) is 1. The number of hydrogen-bond donors (Lipinski definition) is 0. The second-order valence-corrected chi connectivity index (χ2v) is 17.6. The molecular weight excluding hydrogens is 1130 g/mol. The minimum atomic E-state index is -6.13. The molecule has 0 aliphatic rings. The first-order valence-corrected chi connectivity index (χ1v) is 22.1. The van der Waals surface area contributed by atoms with Crippen LogP contribution in [0, 0.1) is 0 Å². The first-order valence-electron chi connectivity index (χ1n) is 21.2. The van der Waals surface area contributed by atoms with Crippen LogP contribution in [0.1, 0.15) is 59.9 Å². The van der Waals surface area contributed by atoms with Gasteiger partial charge in [-0.25, -0.2) is 4.79 Å². The molecule has 29 heteroatoms. The fourth-order valence-electron chi connectivity index (χ4n) is 8.08. The fraction of sp³-hybridized carbons (Fsp3) is 0.184. The van der Waals surface area contributed by atoms with Crippen LogP contribution in [0.25, 0.3) is 0 Å². The third kappa shape index (κ3) is 13.9. The SMILES string of the molecule is FC(F)(F)c1cc([B-](c2cc(C(F)(F)F)cc(C(F)(F)F)c2)(c2cc(C(F)(F)F)cc(C(F)(F)F)c2)c2cc(C(F)(F)F)cc(C(F)(F)F)c2)cc(C(F)(F)F)c1.O=C(Oc1ccccc1)c1scc[n+]1Cc1ccccc1. The number of alkyl halides is 24. The van der Waals surface area contributed by atoms with E-state index in [0.29, 0.717) is 17.3 Å². The number of carbonyl (C=O) groups is 1. The van der Waals surface area contributed by atoms with Crippen molar-refractivity contribution in [1.82, 2.24) is 0 Å². The van der Waals surface area contributed by atoms with E-state index in [0.717, 1.165) is 5.56 Å². The van der Waals surface area contributed by atoms with Crippen LogP contribution in [0.15, 0.2) is 145 Å². The van der Waals surface area contributed by atoms with Crippen LogP contribution in [-0.4, -0.2) is 12.1 Å². The number of rotatable bonds is 8. The predicted molar refractivity (Wildman–Crippen MR) is 232 cm³/mol. The molecule has 0 fully saturated rings. The molecule has 0 bridgehead atoms. The van der Waals surface area contributed by atoms with Gasteiger partial charge in [-0.05, 0) is 36.4 Å². The number of esters is 1. The van der Waals surface area contributed by atoms with Crippen LogP contribution in [0.3, 0.4) is 0 Å². The zero-order valence-electron chi connectivity index (χ0n) is 37.9. The van der Waals surface area contributed by atoms with Crippen molar-refractivity contribution in [3.8, 4) is 5.75 Å². The summed E-state index contributed by atoms with van der Waals surface area (Å²) < 4.78 is 348. The molecule has 0 spiro atoms. The standard InChI is InChI=1S/C32H12BF24.C17H14NO2S/c34-25(35,36)13-1-14(26(37,38)39)6-21(5-13)33(22-7-15(27(40,41)42)2-16(8-22)28(43,44)45,23-9-17(29(46,47)48)3-18(10-23)30(49,50)51)24-11-19(31(52,53)54)4-20(12-24)32(55,56)57;19-17(20-15-9-5-2-6-10-15)16-18(11-12-21-16)13-14-7-3-1-4-8-14/h1-12H;1-12H,13H2/q-1;+1. The second-order valence-electron chi connectivity index (χ2n) is 16.7. The Labute approximate surface area is 425 Å². The van der Waals surface area contributed by atoms with E-state index >= 15 is 0 Å². The van der Waals surface area contributed by atoms with E-state index in [1.54, 1.807) is 12.1 Å². The maximum absolute atomic E-state index is 14.2. The Morgan fingerprint density at radius 2 is 0.641 bits per heavy atom. The number of hydrogen-bond acceptors (Lipinski definition) is 3. The van der Waals surface area contributed by atoms with Crippen LogP contribution in [0.5, 0.6) is 5.75 Å². The molecule has 7 rings (SSSR count). The van der Waals surface area contributed by atoms with Gasteiger partial charge >= 0.3 is 60.4 Å². The quantitative estimate of drug-likeness (QED) is 0.0499. The van der Waals surface area contributed by atoms with Crippen molar-refractivity contribution in [2.45, 2.75) is 56.0 Å². The summed E-state index contributed by atoms with van der Waals surface area (Å²) in [7, 11) is 0. The largest absolute Gasteiger partial charge is 0.420 e. The van der Waals surface area contributed by atoms with Crippen molar-refractivity contribution in [3.63, 3.8) is 0 Å². The van der Waals surface area contributed by atoms with E-state index in [-0.39, 0.29) is 5.97 Å². The van der Waals surface area contributed by atoms with Gasteiger partial charge in [-0.2, -0.15) is 132 Å². The number of halogens is 24. The van der Waals surface area contributed by atoms with E-state index in [1.807, 2.05) is 64.7 Å². The van der Waals surface area contributed by atoms with Crippen LogP contribution in [0.4, 0.5) is 105 Å². The summed E-state index contributed by atoms with van der Waals surface area (Å²) in [5, 5.41) is 2.48. The highest BCUT2D eigenvalue weighted by Crippen LogP contribution is 2.41. The average molecular weight is 1160 g/mol. The number of thiazole rings is 1. The molecule has 0 radical (unpaired) electrons. The van der Waals surface area contributed by atoms with Gasteiger partial charge in [-0.3, -0.25) is 0 Å². The molecule has 0 aliphatic carbocycles. The monoisotopic (exact) mass is 1160 g/mol. The lowest BCUT2D eigenvalue weighted by atomic mass is 9.12. The van der Waals surface area contributed by atoms with Crippen molar-refractivity contribution in [2.75, 3.05) is 0 Å². The number of aromatic nitrogens is 1. The number of carbonyl (C=O) groups excluding carboxylic acids is 1. The molecule has 3 nitrogen and oxygen atoms in total. The first-order chi connectivity index (χ1) is 35.6. The molecule has 6 aromatic carbocycles. The topological polar surface area (TPSA) is 30.2 Å². The van der Waals surface area contributed by atoms with Crippen molar-refractivity contribution >= 4 is 45.3 Å². The van der Waals surface area contributed by atoms with Crippen molar-refractivity contribution in [1.29, 1.82) is 0 Å². The minimum absolute atomic E-state index is 0.327. The third-order valence-electron chi connectivity index (χ3n) is 11.4. The summed E-state index contributed by atoms with van der Waals surface area (Å²) in [4.78, 5) is 12.3. The third-order valence-corrected chi connectivity index (χ3v) is 12.3. The molecule has 1 aromatic heterocycles. The lowest BCUT2D eigenvalue weighted by molar-refractivity contribution is -0.685. The van der Waals surface area contributed by atoms with Gasteiger partial charge in [0.2, 0.25) is 0 Å². The van der Waals surface area contributed by atoms with Gasteiger partial charge in [0.05, 0.1) is 49.9 Å². The summed E-state index contributed by atoms with van der Waals surface area (Å²) in [6, 6.07) is 10.3. The first kappa shape index (κ1) is 60.0. The van der Waals surface area contributed by atoms with Gasteiger partial charge in [0.25, 0.3) is 0 Å². The molecule has 1 heterocycles. The molecular formula is C49H26BF24NO2S. The van der Waals surface area contributed by atoms with Crippen molar-refractivity contribution in [3.05, 3.63) is 200 Å². The highest BCUT2D eigenvalue weighted by Gasteiger charge is 2.47. The maximum Gasteiger partial charge on any atom is 0.420 e. The molecule has 0 saturated carbocycles. The molecule has 0 saturated heterocycles. The maximum atomic E-state index is 14.2. The Bertz CT molecular complexity index is 2820. The van der Waals surface area contributed by atoms with Crippen LogP contribution >= 0.6 is 11.3 Å². The summed E-state index contributed by atoms with van der Waals surface area (Å²) >= 11 is 1.38. The Morgan fingerprint density at radius 3 is 0.897 bits per heavy atom. The van der Waals surface area contributed by atoms with E-state index < -0.39 is 195 Å². The minimum Gasteiger partial charge on any atom is -0.418 e. The molecule has 0 atom stereocenters. The van der Waals surface area contributed by atoms with E-state index in [9.17, 15) is 110 Å². The van der Waals surface area contributed by atoms with Crippen molar-refractivity contribution in [2.24, 2.45) is 0 Å².